The van der Waals surface area contributed by atoms with Gasteiger partial charge >= 0.3 is 0 Å². The number of hydrazone groups is 1. The molecule has 0 saturated heterocycles. The van der Waals surface area contributed by atoms with Gasteiger partial charge in [0.1, 0.15) is 0 Å². The molecule has 2 rings (SSSR count). The Morgan fingerprint density at radius 2 is 2.04 bits per heavy atom. The van der Waals surface area contributed by atoms with Gasteiger partial charge in [0.25, 0.3) is 0 Å². The molecule has 0 saturated carbocycles. The van der Waals surface area contributed by atoms with Crippen LogP contribution in [0.1, 0.15) is 42.3 Å². The van der Waals surface area contributed by atoms with Crippen LogP contribution in [0.25, 0.3) is 0 Å². The number of nitrogens with one attached hydrogen (secondary N) is 2. The number of thiocarbonyl (C=S) groups is 1. The molecular weight excluding hydrogens is 318 g/mol. The first-order chi connectivity index (χ1) is 11.6. The van der Waals surface area contributed by atoms with Crippen LogP contribution >= 0.6 is 12.2 Å². The second-order valence-corrected chi connectivity index (χ2v) is 6.12. The summed E-state index contributed by atoms with van der Waals surface area (Å²) in [5, 5.41) is 12.5. The Balaban J connectivity index is 1.98. The summed E-state index contributed by atoms with van der Waals surface area (Å²) < 4.78 is 2.00. The van der Waals surface area contributed by atoms with Crippen LogP contribution in [0.5, 0.6) is 0 Å². The van der Waals surface area contributed by atoms with Crippen molar-refractivity contribution in [2.24, 2.45) is 5.10 Å². The van der Waals surface area contributed by atoms with Gasteiger partial charge < -0.3 is 5.32 Å². The third-order valence-electron chi connectivity index (χ3n) is 3.79. The number of nitrogens with zero attached hydrogens (tertiary/aromatic N) is 3. The molecule has 1 aromatic carbocycles. The van der Waals surface area contributed by atoms with Crippen molar-refractivity contribution in [2.75, 3.05) is 6.54 Å². The Morgan fingerprint density at radius 3 is 2.75 bits per heavy atom. The molecule has 6 heteroatoms. The van der Waals surface area contributed by atoms with Crippen LogP contribution in [0, 0.1) is 13.8 Å². The standard InChI is InChI=1S/C18H25N5S/c1-4-5-11-19-18(24)21-20-12-17-14(2)22-23(15(17)3)13-16-9-7-6-8-10-16/h6-10,12H,4-5,11,13H2,1-3H3,(H2,19,21,24)/b20-12-. The van der Waals surface area contributed by atoms with Crippen LogP contribution in [0.4, 0.5) is 0 Å². The molecule has 1 heterocycles. The summed E-state index contributed by atoms with van der Waals surface area (Å²) in [5.41, 5.74) is 7.15. The zero-order valence-corrected chi connectivity index (χ0v) is 15.4. The lowest BCUT2D eigenvalue weighted by molar-refractivity contribution is 0.659. The first-order valence-corrected chi connectivity index (χ1v) is 8.67. The third-order valence-corrected chi connectivity index (χ3v) is 4.02. The van der Waals surface area contributed by atoms with Gasteiger partial charge in [-0.15, -0.1) is 0 Å². The lowest BCUT2D eigenvalue weighted by atomic mass is 10.2. The predicted molar refractivity (Wildman–Crippen MR) is 103 cm³/mol. The van der Waals surface area contributed by atoms with Crippen LogP contribution in [-0.2, 0) is 6.54 Å². The fourth-order valence-corrected chi connectivity index (χ4v) is 2.54. The van der Waals surface area contributed by atoms with Gasteiger partial charge in [-0.1, -0.05) is 43.7 Å². The maximum Gasteiger partial charge on any atom is 0.186 e. The molecule has 0 spiro atoms. The maximum atomic E-state index is 5.18. The summed E-state index contributed by atoms with van der Waals surface area (Å²) in [6.45, 7) is 7.82. The molecule has 24 heavy (non-hydrogen) atoms. The van der Waals surface area contributed by atoms with E-state index in [0.717, 1.165) is 42.9 Å². The van der Waals surface area contributed by atoms with Gasteiger partial charge in [0.05, 0.1) is 18.5 Å². The Kier molecular flexibility index (Phi) is 6.93. The van der Waals surface area contributed by atoms with E-state index in [1.54, 1.807) is 6.21 Å². The molecule has 0 atom stereocenters. The minimum atomic E-state index is 0.548. The van der Waals surface area contributed by atoms with Gasteiger partial charge in [0.15, 0.2) is 5.11 Å². The highest BCUT2D eigenvalue weighted by molar-refractivity contribution is 7.80. The van der Waals surface area contributed by atoms with Crippen molar-refractivity contribution in [3.63, 3.8) is 0 Å². The SMILES string of the molecule is CCCCNC(=S)N/N=C\c1c(C)nn(Cc2ccccc2)c1C. The maximum absolute atomic E-state index is 5.18. The lowest BCUT2D eigenvalue weighted by Crippen LogP contribution is -2.32. The number of benzene rings is 1. The average molecular weight is 344 g/mol. The molecule has 2 N–H and O–H groups in total. The van der Waals surface area contributed by atoms with Gasteiger partial charge in [-0.2, -0.15) is 10.2 Å². The number of aryl methyl sites for hydroxylation is 1. The number of aromatic nitrogens is 2. The molecule has 0 unspecified atom stereocenters. The molecule has 0 amide bonds. The van der Waals surface area contributed by atoms with Crippen LogP contribution in [-0.4, -0.2) is 27.7 Å². The highest BCUT2D eigenvalue weighted by atomic mass is 32.1. The van der Waals surface area contributed by atoms with Crippen molar-refractivity contribution in [3.05, 3.63) is 52.8 Å². The van der Waals surface area contributed by atoms with E-state index in [4.69, 9.17) is 12.2 Å². The molecule has 2 aromatic rings. The summed E-state index contributed by atoms with van der Waals surface area (Å²) in [4.78, 5) is 0. The fourth-order valence-electron chi connectivity index (χ4n) is 2.38. The Bertz CT molecular complexity index is 691. The van der Waals surface area contributed by atoms with Crippen molar-refractivity contribution in [1.82, 2.24) is 20.5 Å². The van der Waals surface area contributed by atoms with Crippen LogP contribution < -0.4 is 10.7 Å². The second kappa shape index (κ2) is 9.17. The molecule has 128 valence electrons. The molecule has 1 aromatic heterocycles. The average Bonchev–Trinajstić information content (AvgIpc) is 2.83. The number of unbranched alkanes of at least 4 members (excludes halogenated alkanes) is 1. The fraction of sp³-hybridized carbons (Fsp3) is 0.389. The number of hydrogen-bond donors (Lipinski definition) is 2. The molecule has 0 aliphatic heterocycles. The quantitative estimate of drug-likeness (QED) is 0.351. The normalized spacial score (nSPS) is 11.0. The summed E-state index contributed by atoms with van der Waals surface area (Å²) in [6.07, 6.45) is 4.01. The Labute approximate surface area is 149 Å². The van der Waals surface area contributed by atoms with E-state index >= 15 is 0 Å². The van der Waals surface area contributed by atoms with E-state index in [2.05, 4.69) is 46.9 Å². The smallest absolute Gasteiger partial charge is 0.186 e. The van der Waals surface area contributed by atoms with Crippen LogP contribution in [0.15, 0.2) is 35.4 Å². The van der Waals surface area contributed by atoms with Gasteiger partial charge in [-0.3, -0.25) is 10.1 Å². The van der Waals surface area contributed by atoms with E-state index in [1.165, 1.54) is 5.56 Å². The van der Waals surface area contributed by atoms with Crippen molar-refractivity contribution >= 4 is 23.5 Å². The van der Waals surface area contributed by atoms with E-state index < -0.39 is 0 Å². The first kappa shape index (κ1) is 18.1. The topological polar surface area (TPSA) is 54.2 Å². The molecule has 0 bridgehead atoms. The first-order valence-electron chi connectivity index (χ1n) is 8.26. The molecule has 5 nitrogen and oxygen atoms in total. The zero-order chi connectivity index (χ0) is 17.4. The predicted octanol–water partition coefficient (Wildman–Crippen LogP) is 3.15. The summed E-state index contributed by atoms with van der Waals surface area (Å²) in [5.74, 6) is 0. The monoisotopic (exact) mass is 343 g/mol. The van der Waals surface area contributed by atoms with Crippen LogP contribution in [0.2, 0.25) is 0 Å². The van der Waals surface area contributed by atoms with Gasteiger partial charge in [-0.25, -0.2) is 0 Å². The van der Waals surface area contributed by atoms with Crippen molar-refractivity contribution < 1.29 is 0 Å². The summed E-state index contributed by atoms with van der Waals surface area (Å²) in [7, 11) is 0. The van der Waals surface area contributed by atoms with E-state index in [1.807, 2.05) is 29.8 Å². The highest BCUT2D eigenvalue weighted by Gasteiger charge is 2.10. The van der Waals surface area contributed by atoms with Gasteiger partial charge in [0.2, 0.25) is 0 Å². The van der Waals surface area contributed by atoms with Crippen LogP contribution in [0.3, 0.4) is 0 Å². The molecule has 0 aliphatic carbocycles. The van der Waals surface area contributed by atoms with Crippen molar-refractivity contribution in [3.8, 4) is 0 Å². The second-order valence-electron chi connectivity index (χ2n) is 5.71. The molecule has 0 aliphatic rings. The van der Waals surface area contributed by atoms with E-state index in [-0.39, 0.29) is 0 Å². The Morgan fingerprint density at radius 1 is 1.29 bits per heavy atom. The largest absolute Gasteiger partial charge is 0.361 e. The molecular formula is C18H25N5S. The minimum Gasteiger partial charge on any atom is -0.361 e. The van der Waals surface area contributed by atoms with E-state index in [0.29, 0.717) is 5.11 Å². The van der Waals surface area contributed by atoms with Gasteiger partial charge in [-0.05, 0) is 38.0 Å². The lowest BCUT2D eigenvalue weighted by Gasteiger charge is -2.06. The highest BCUT2D eigenvalue weighted by Crippen LogP contribution is 2.12. The Hall–Kier alpha value is -2.21. The third kappa shape index (κ3) is 5.16. The molecule has 0 radical (unpaired) electrons. The summed E-state index contributed by atoms with van der Waals surface area (Å²) in [6, 6.07) is 10.3. The number of hydrogen-bond acceptors (Lipinski definition) is 3. The van der Waals surface area contributed by atoms with E-state index in [9.17, 15) is 0 Å². The minimum absolute atomic E-state index is 0.548. The summed E-state index contributed by atoms with van der Waals surface area (Å²) >= 11 is 5.18. The zero-order valence-electron chi connectivity index (χ0n) is 14.5. The van der Waals surface area contributed by atoms with Gasteiger partial charge in [0, 0.05) is 17.8 Å². The van der Waals surface area contributed by atoms with Crippen molar-refractivity contribution in [2.45, 2.75) is 40.2 Å². The number of rotatable bonds is 7. The van der Waals surface area contributed by atoms with Crippen molar-refractivity contribution in [1.29, 1.82) is 0 Å². The molecule has 0 fully saturated rings.